The van der Waals surface area contributed by atoms with Crippen molar-refractivity contribution in [3.8, 4) is 16.3 Å². The fourth-order valence-corrected chi connectivity index (χ4v) is 13.1. The molecule has 6 aromatic rings. The van der Waals surface area contributed by atoms with Crippen LogP contribution in [0.25, 0.3) is 27.3 Å². The van der Waals surface area contributed by atoms with Crippen molar-refractivity contribution in [1.29, 1.82) is 0 Å². The van der Waals surface area contributed by atoms with E-state index in [2.05, 4.69) is 64.3 Å². The van der Waals surface area contributed by atoms with Gasteiger partial charge in [0.05, 0.1) is 34.4 Å². The number of benzene rings is 2. The number of allylic oxidation sites excluding steroid dienone is 1. The minimum Gasteiger partial charge on any atom is -0.391 e. The van der Waals surface area contributed by atoms with Gasteiger partial charge in [0.1, 0.15) is 22.9 Å². The van der Waals surface area contributed by atoms with Gasteiger partial charge >= 0.3 is 0 Å². The van der Waals surface area contributed by atoms with E-state index in [1.165, 1.54) is 28.6 Å². The first-order valence-corrected chi connectivity index (χ1v) is 29.6. The Balaban J connectivity index is 0.655. The Morgan fingerprint density at radius 1 is 0.877 bits per heavy atom. The highest BCUT2D eigenvalue weighted by Crippen LogP contribution is 2.34. The summed E-state index contributed by atoms with van der Waals surface area (Å²) in [6.07, 6.45) is 8.48. The van der Waals surface area contributed by atoms with Gasteiger partial charge in [0.25, 0.3) is 5.56 Å². The number of hydrogen-bond donors (Lipinski definition) is 5. The number of pyridine rings is 1. The summed E-state index contributed by atoms with van der Waals surface area (Å²) in [7, 11) is 0. The van der Waals surface area contributed by atoms with Gasteiger partial charge in [0.15, 0.2) is 11.5 Å². The molecule has 81 heavy (non-hydrogen) atoms. The SMILES string of the molecule is C=CCn1c(=O)c2cnc(Nc3ccc(N4CCN(CC5CCN(C6CCC(NC(=O)[C@@H](C(=O)N7C[C@H](O)C[C@H]7C(=O)NCc7ccc(-c8scnc8C)cc7)C(C)(C)C)CC6)CC5)CC4)cc3)nc2n1-c1cccc(C(C)(C)O)n1. The minimum absolute atomic E-state index is 0.00923. The minimum atomic E-state index is -1.18. The number of hydrogen-bond acceptors (Lipinski definition) is 15. The van der Waals surface area contributed by atoms with E-state index in [4.69, 9.17) is 4.98 Å². The van der Waals surface area contributed by atoms with Crippen LogP contribution in [0.5, 0.6) is 0 Å². The number of rotatable bonds is 17. The van der Waals surface area contributed by atoms with Crippen LogP contribution in [0.4, 0.5) is 17.3 Å². The number of carbonyl (C=O) groups excluding carboxylic acids is 3. The molecule has 10 rings (SSSR count). The molecule has 430 valence electrons. The predicted molar refractivity (Wildman–Crippen MR) is 316 cm³/mol. The molecule has 5 N–H and O–H groups in total. The lowest BCUT2D eigenvalue weighted by Gasteiger charge is -2.43. The first-order chi connectivity index (χ1) is 38.8. The van der Waals surface area contributed by atoms with Gasteiger partial charge in [-0.05, 0) is 131 Å². The Hall–Kier alpha value is -6.84. The number of likely N-dealkylation sites (tertiary alicyclic amines) is 2. The maximum absolute atomic E-state index is 14.4. The van der Waals surface area contributed by atoms with Crippen molar-refractivity contribution in [2.45, 2.75) is 129 Å². The molecule has 1 saturated carbocycles. The number of amides is 3. The zero-order valence-corrected chi connectivity index (χ0v) is 48.5. The Labute approximate surface area is 478 Å². The van der Waals surface area contributed by atoms with Crippen molar-refractivity contribution in [3.05, 3.63) is 118 Å². The number of carbonyl (C=O) groups is 3. The molecule has 19 nitrogen and oxygen atoms in total. The van der Waals surface area contributed by atoms with Gasteiger partial charge in [-0.25, -0.2) is 24.3 Å². The van der Waals surface area contributed by atoms with E-state index >= 15 is 0 Å². The molecule has 7 heterocycles. The number of nitrogens with zero attached hydrogens (tertiary/aromatic N) is 10. The predicted octanol–water partition coefficient (Wildman–Crippen LogP) is 6.77. The van der Waals surface area contributed by atoms with Gasteiger partial charge in [-0.3, -0.25) is 24.1 Å². The second-order valence-corrected chi connectivity index (χ2v) is 25.0. The first kappa shape index (κ1) is 57.4. The summed E-state index contributed by atoms with van der Waals surface area (Å²) >= 11 is 1.59. The highest BCUT2D eigenvalue weighted by molar-refractivity contribution is 7.13. The molecular formula is C61H79N13O6S. The van der Waals surface area contributed by atoms with Gasteiger partial charge in [-0.1, -0.05) is 57.2 Å². The van der Waals surface area contributed by atoms with Crippen molar-refractivity contribution in [2.24, 2.45) is 17.3 Å². The summed E-state index contributed by atoms with van der Waals surface area (Å²) in [4.78, 5) is 84.2. The molecule has 3 amide bonds. The molecule has 1 aliphatic carbocycles. The molecule has 0 unspecified atom stereocenters. The van der Waals surface area contributed by atoms with Crippen LogP contribution in [-0.4, -0.2) is 149 Å². The zero-order valence-electron chi connectivity index (χ0n) is 47.7. The van der Waals surface area contributed by atoms with Gasteiger partial charge in [0, 0.05) is 81.9 Å². The third kappa shape index (κ3) is 13.1. The number of aryl methyl sites for hydroxylation is 1. The van der Waals surface area contributed by atoms with Gasteiger partial charge < -0.3 is 40.9 Å². The topological polar surface area (TPSA) is 219 Å². The fraction of sp³-hybridized carbons (Fsp3) is 0.508. The van der Waals surface area contributed by atoms with Gasteiger partial charge in [0.2, 0.25) is 23.7 Å². The summed E-state index contributed by atoms with van der Waals surface area (Å²) in [5.41, 5.74) is 5.46. The Morgan fingerprint density at radius 2 is 1.59 bits per heavy atom. The summed E-state index contributed by atoms with van der Waals surface area (Å²) in [6, 6.07) is 21.2. The normalized spacial score (nSPS) is 21.0. The van der Waals surface area contributed by atoms with Crippen LogP contribution in [0.3, 0.4) is 0 Å². The second-order valence-electron chi connectivity index (χ2n) is 24.2. The van der Waals surface area contributed by atoms with E-state index in [0.717, 1.165) is 105 Å². The van der Waals surface area contributed by atoms with E-state index in [1.54, 1.807) is 54.1 Å². The number of nitrogens with one attached hydrogen (secondary N) is 3. The quantitative estimate of drug-likeness (QED) is 0.0471. The lowest BCUT2D eigenvalue weighted by Crippen LogP contribution is -2.55. The standard InChI is InChI=1S/C61H79N13O6S/c1-8-26-73-57(78)48-35-63-59(68-54(48)74(73)51-11-9-10-50(67-51)61(6,7)80)66-44-18-22-46(23-19-44)71-31-29-69(30-32-71)36-41-24-27-70(28-25-41)45-20-16-43(17-21-45)65-56(77)52(60(3,4)5)58(79)72-37-47(75)33-49(72)55(76)62-34-40-12-14-42(15-13-40)53-39(2)64-38-81-53/h8-15,18-19,22-23,35,38,41,43,45,47,49,52,75,80H,1,16-17,20-21,24-34,36-37H2,2-7H3,(H,62,76)(H,65,77)(H,63,66,68)/t43?,45?,47-,49+,52+/m1/s1. The van der Waals surface area contributed by atoms with Crippen molar-refractivity contribution >= 4 is 57.4 Å². The molecular weight excluding hydrogens is 1040 g/mol. The summed E-state index contributed by atoms with van der Waals surface area (Å²) < 4.78 is 3.17. The second kappa shape index (κ2) is 24.3. The van der Waals surface area contributed by atoms with E-state index in [0.29, 0.717) is 40.5 Å². The first-order valence-electron chi connectivity index (χ1n) is 28.8. The van der Waals surface area contributed by atoms with Crippen LogP contribution in [0.2, 0.25) is 0 Å². The number of fused-ring (bicyclic) bond motifs is 1. The van der Waals surface area contributed by atoms with Crippen molar-refractivity contribution in [2.75, 3.05) is 62.6 Å². The molecule has 0 bridgehead atoms. The lowest BCUT2D eigenvalue weighted by atomic mass is 9.78. The van der Waals surface area contributed by atoms with Crippen LogP contribution >= 0.6 is 11.3 Å². The van der Waals surface area contributed by atoms with E-state index in [1.807, 2.05) is 69.6 Å². The molecule has 4 aliphatic rings. The number of piperazine rings is 1. The maximum atomic E-state index is 14.4. The highest BCUT2D eigenvalue weighted by atomic mass is 32.1. The summed E-state index contributed by atoms with van der Waals surface area (Å²) in [5, 5.41) is 31.3. The van der Waals surface area contributed by atoms with Crippen LogP contribution in [0.15, 0.2) is 95.9 Å². The number of aliphatic hydroxyl groups excluding tert-OH is 1. The van der Waals surface area contributed by atoms with Crippen molar-refractivity contribution < 1.29 is 24.6 Å². The highest BCUT2D eigenvalue weighted by Gasteiger charge is 2.47. The Bertz CT molecular complexity index is 3250. The smallest absolute Gasteiger partial charge is 0.278 e. The molecule has 3 saturated heterocycles. The average Bonchev–Trinajstić information content (AvgIpc) is 4.17. The van der Waals surface area contributed by atoms with E-state index in [9.17, 15) is 29.4 Å². The van der Waals surface area contributed by atoms with Crippen LogP contribution in [0.1, 0.15) is 96.5 Å². The van der Waals surface area contributed by atoms with Crippen LogP contribution in [0, 0.1) is 24.2 Å². The van der Waals surface area contributed by atoms with Gasteiger partial charge in [-0.2, -0.15) is 4.98 Å². The molecule has 3 aliphatic heterocycles. The zero-order chi connectivity index (χ0) is 57.2. The van der Waals surface area contributed by atoms with Crippen molar-refractivity contribution in [3.63, 3.8) is 0 Å². The van der Waals surface area contributed by atoms with Crippen LogP contribution < -0.4 is 26.4 Å². The molecule has 3 atom stereocenters. The number of piperidine rings is 1. The van der Waals surface area contributed by atoms with Gasteiger partial charge in [-0.15, -0.1) is 17.9 Å². The third-order valence-corrected chi connectivity index (χ3v) is 17.8. The Morgan fingerprint density at radius 3 is 2.25 bits per heavy atom. The summed E-state index contributed by atoms with van der Waals surface area (Å²) in [6.45, 7) is 22.5. The Kier molecular flexibility index (Phi) is 17.2. The molecule has 4 fully saturated rings. The maximum Gasteiger partial charge on any atom is 0.278 e. The average molecular weight is 1120 g/mol. The number of β-amino-alcohol motifs (C(OH)–C–C–N with tert-alkyl or cyclic N) is 1. The number of anilines is 3. The van der Waals surface area contributed by atoms with Crippen molar-refractivity contribution in [1.82, 2.24) is 54.6 Å². The van der Waals surface area contributed by atoms with E-state index < -0.39 is 35.0 Å². The monoisotopic (exact) mass is 1120 g/mol. The molecule has 2 aromatic carbocycles. The number of thiazole rings is 1. The van der Waals surface area contributed by atoms with Crippen LogP contribution in [-0.2, 0) is 33.1 Å². The molecule has 4 aromatic heterocycles. The number of aliphatic hydroxyl groups is 2. The third-order valence-electron chi connectivity index (χ3n) is 16.8. The fourth-order valence-electron chi connectivity index (χ4n) is 12.3. The largest absolute Gasteiger partial charge is 0.391 e. The molecule has 20 heteroatoms. The van der Waals surface area contributed by atoms with E-state index in [-0.39, 0.29) is 49.5 Å². The molecule has 0 spiro atoms. The lowest BCUT2D eigenvalue weighted by molar-refractivity contribution is -0.150. The summed E-state index contributed by atoms with van der Waals surface area (Å²) in [5.74, 6) is -0.630. The number of aromatic nitrogens is 6. The molecule has 0 radical (unpaired) electrons.